The molecule has 0 spiro atoms. The summed E-state index contributed by atoms with van der Waals surface area (Å²) in [5.41, 5.74) is 6.66. The molecule has 1 atom stereocenters. The van der Waals surface area contributed by atoms with E-state index in [1.165, 1.54) is 6.08 Å². The molecule has 0 saturated heterocycles. The zero-order chi connectivity index (χ0) is 16.2. The van der Waals surface area contributed by atoms with E-state index in [2.05, 4.69) is 26.8 Å². The van der Waals surface area contributed by atoms with Crippen molar-refractivity contribution in [2.45, 2.75) is 18.8 Å². The quantitative estimate of drug-likeness (QED) is 0.805. The first-order valence-corrected chi connectivity index (χ1v) is 8.00. The van der Waals surface area contributed by atoms with E-state index in [1.807, 2.05) is 12.1 Å². The van der Waals surface area contributed by atoms with Gasteiger partial charge in [-0.2, -0.15) is 0 Å². The van der Waals surface area contributed by atoms with Crippen LogP contribution in [0.5, 0.6) is 0 Å². The Hall–Kier alpha value is -2.34. The minimum Gasteiger partial charge on any atom is -0.469 e. The summed E-state index contributed by atoms with van der Waals surface area (Å²) in [6, 6.07) is 10.7. The molecule has 1 heterocycles. The number of halogens is 1. The average molecular weight is 375 g/mol. The highest BCUT2D eigenvalue weighted by Crippen LogP contribution is 2.30. The fourth-order valence-corrected chi connectivity index (χ4v) is 2.94. The third kappa shape index (κ3) is 3.90. The topological polar surface area (TPSA) is 71.3 Å². The summed E-state index contributed by atoms with van der Waals surface area (Å²) in [4.78, 5) is 24.0. The molecule has 3 rings (SSSR count). The number of benzene rings is 1. The first-order chi connectivity index (χ1) is 11.1. The summed E-state index contributed by atoms with van der Waals surface area (Å²) < 4.78 is 6.21. The van der Waals surface area contributed by atoms with Crippen molar-refractivity contribution in [1.82, 2.24) is 10.9 Å². The third-order valence-corrected chi connectivity index (χ3v) is 4.11. The van der Waals surface area contributed by atoms with E-state index in [1.54, 1.807) is 30.5 Å². The van der Waals surface area contributed by atoms with Gasteiger partial charge in [-0.15, -0.1) is 0 Å². The third-order valence-electron chi connectivity index (χ3n) is 3.62. The molecule has 1 aliphatic rings. The Balaban J connectivity index is 1.63. The van der Waals surface area contributed by atoms with Gasteiger partial charge in [0.25, 0.3) is 5.91 Å². The molecule has 6 heteroatoms. The van der Waals surface area contributed by atoms with Crippen LogP contribution in [0.2, 0.25) is 0 Å². The molecule has 0 bridgehead atoms. The molecule has 5 nitrogen and oxygen atoms in total. The molecule has 0 unspecified atom stereocenters. The fraction of sp³-hybridized carbons (Fsp3) is 0.176. The van der Waals surface area contributed by atoms with Crippen molar-refractivity contribution < 1.29 is 14.0 Å². The van der Waals surface area contributed by atoms with Crippen molar-refractivity contribution in [3.63, 3.8) is 0 Å². The number of carbonyl (C=O) groups excluding carboxylic acids is 2. The summed E-state index contributed by atoms with van der Waals surface area (Å²) in [6.45, 7) is 0. The van der Waals surface area contributed by atoms with Gasteiger partial charge in [0.15, 0.2) is 5.78 Å². The van der Waals surface area contributed by atoms with E-state index in [0.29, 0.717) is 24.1 Å². The highest BCUT2D eigenvalue weighted by Gasteiger charge is 2.24. The predicted octanol–water partition coefficient (Wildman–Crippen LogP) is 3.31. The van der Waals surface area contributed by atoms with Gasteiger partial charge in [-0.1, -0.05) is 22.0 Å². The number of allylic oxidation sites excluding steroid dienone is 2. The minimum atomic E-state index is -0.264. The molecule has 1 aromatic carbocycles. The number of amides is 1. The van der Waals surface area contributed by atoms with Crippen LogP contribution in [0.1, 0.15) is 34.9 Å². The van der Waals surface area contributed by atoms with Crippen LogP contribution in [0, 0.1) is 0 Å². The first kappa shape index (κ1) is 15.6. The van der Waals surface area contributed by atoms with Gasteiger partial charge in [-0.05, 0) is 36.8 Å². The van der Waals surface area contributed by atoms with Crippen LogP contribution >= 0.6 is 15.9 Å². The van der Waals surface area contributed by atoms with Gasteiger partial charge in [0.2, 0.25) is 0 Å². The van der Waals surface area contributed by atoms with E-state index in [-0.39, 0.29) is 17.6 Å². The normalized spacial score (nSPS) is 17.5. The molecular weight excluding hydrogens is 360 g/mol. The summed E-state index contributed by atoms with van der Waals surface area (Å²) in [5, 5.41) is 0. The van der Waals surface area contributed by atoms with Crippen molar-refractivity contribution in [3.05, 3.63) is 70.2 Å². The van der Waals surface area contributed by atoms with Crippen LogP contribution in [0.15, 0.2) is 63.3 Å². The Morgan fingerprint density at radius 1 is 1.22 bits per heavy atom. The van der Waals surface area contributed by atoms with Crippen LogP contribution in [0.4, 0.5) is 0 Å². The van der Waals surface area contributed by atoms with Gasteiger partial charge >= 0.3 is 0 Å². The molecule has 0 radical (unpaired) electrons. The highest BCUT2D eigenvalue weighted by atomic mass is 79.9. The molecule has 2 N–H and O–H groups in total. The summed E-state index contributed by atoms with van der Waals surface area (Å²) >= 11 is 3.33. The zero-order valence-corrected chi connectivity index (χ0v) is 13.8. The second-order valence-corrected chi connectivity index (χ2v) is 6.26. The summed E-state index contributed by atoms with van der Waals surface area (Å²) in [7, 11) is 0. The Labute approximate surface area is 141 Å². The fourth-order valence-electron chi connectivity index (χ4n) is 2.54. The van der Waals surface area contributed by atoms with Crippen molar-refractivity contribution in [2.75, 3.05) is 0 Å². The number of carbonyl (C=O) groups is 2. The van der Waals surface area contributed by atoms with Gasteiger partial charge in [0.05, 0.1) is 6.26 Å². The maximum atomic E-state index is 12.1. The smallest absolute Gasteiger partial charge is 0.269 e. The van der Waals surface area contributed by atoms with Gasteiger partial charge in [0, 0.05) is 34.1 Å². The maximum absolute atomic E-state index is 12.1. The van der Waals surface area contributed by atoms with E-state index in [0.717, 1.165) is 10.2 Å². The van der Waals surface area contributed by atoms with Gasteiger partial charge < -0.3 is 9.84 Å². The van der Waals surface area contributed by atoms with Gasteiger partial charge in [-0.25, -0.2) is 0 Å². The van der Waals surface area contributed by atoms with E-state index in [9.17, 15) is 9.59 Å². The zero-order valence-electron chi connectivity index (χ0n) is 12.2. The molecule has 1 aliphatic carbocycles. The molecule has 1 amide bonds. The Morgan fingerprint density at radius 3 is 2.83 bits per heavy atom. The van der Waals surface area contributed by atoms with Gasteiger partial charge in [-0.3, -0.25) is 15.0 Å². The van der Waals surface area contributed by atoms with Crippen LogP contribution in [-0.2, 0) is 4.79 Å². The number of rotatable bonds is 4. The second-order valence-electron chi connectivity index (χ2n) is 5.35. The van der Waals surface area contributed by atoms with Crippen LogP contribution in [0.3, 0.4) is 0 Å². The monoisotopic (exact) mass is 374 g/mol. The lowest BCUT2D eigenvalue weighted by Crippen LogP contribution is -2.38. The van der Waals surface area contributed by atoms with Crippen molar-refractivity contribution >= 4 is 27.6 Å². The first-order valence-electron chi connectivity index (χ1n) is 7.20. The number of hydrogen-bond donors (Lipinski definition) is 2. The molecule has 118 valence electrons. The number of ketones is 1. The molecule has 1 aromatic heterocycles. The van der Waals surface area contributed by atoms with Crippen LogP contribution < -0.4 is 10.9 Å². The molecule has 2 aromatic rings. The molecule has 0 fully saturated rings. The Kier molecular flexibility index (Phi) is 4.62. The van der Waals surface area contributed by atoms with Crippen LogP contribution in [-0.4, -0.2) is 11.7 Å². The lowest BCUT2D eigenvalue weighted by atomic mass is 9.89. The predicted molar refractivity (Wildman–Crippen MR) is 88.5 cm³/mol. The Bertz CT molecular complexity index is 753. The molecular formula is C17H15BrN2O3. The Morgan fingerprint density at radius 2 is 2.09 bits per heavy atom. The summed E-state index contributed by atoms with van der Waals surface area (Å²) in [6.07, 6.45) is 4.15. The molecule has 0 saturated carbocycles. The van der Waals surface area contributed by atoms with E-state index >= 15 is 0 Å². The highest BCUT2D eigenvalue weighted by molar-refractivity contribution is 9.10. The van der Waals surface area contributed by atoms with Crippen molar-refractivity contribution in [2.24, 2.45) is 0 Å². The second kappa shape index (κ2) is 6.83. The van der Waals surface area contributed by atoms with Gasteiger partial charge in [0.1, 0.15) is 5.76 Å². The minimum absolute atomic E-state index is 0.00669. The lowest BCUT2D eigenvalue weighted by Gasteiger charge is -2.21. The number of hydrazine groups is 1. The number of furan rings is 1. The summed E-state index contributed by atoms with van der Waals surface area (Å²) in [5.74, 6) is 0.522. The standard InChI is InChI=1S/C17H15BrN2O3/c18-13-4-1-3-11(7-13)17(22)20-19-14-8-12(9-15(21)10-14)16-5-2-6-23-16/h1-7,10,12,19H,8-9H2,(H,20,22)/t12-/m0/s1. The van der Waals surface area contributed by atoms with Crippen molar-refractivity contribution in [3.8, 4) is 0 Å². The molecule has 23 heavy (non-hydrogen) atoms. The van der Waals surface area contributed by atoms with E-state index < -0.39 is 0 Å². The SMILES string of the molecule is O=C1C=C(NNC(=O)c2cccc(Br)c2)C[C@H](c2ccco2)C1. The largest absolute Gasteiger partial charge is 0.469 e. The van der Waals surface area contributed by atoms with Crippen LogP contribution in [0.25, 0.3) is 0 Å². The van der Waals surface area contributed by atoms with E-state index in [4.69, 9.17) is 4.42 Å². The lowest BCUT2D eigenvalue weighted by molar-refractivity contribution is -0.115. The number of hydrogen-bond acceptors (Lipinski definition) is 4. The van der Waals surface area contributed by atoms with Crippen molar-refractivity contribution in [1.29, 1.82) is 0 Å². The number of nitrogens with one attached hydrogen (secondary N) is 2. The average Bonchev–Trinajstić information content (AvgIpc) is 3.06. The maximum Gasteiger partial charge on any atom is 0.269 e. The molecule has 0 aliphatic heterocycles.